The van der Waals surface area contributed by atoms with Crippen LogP contribution in [0.2, 0.25) is 10.0 Å². The van der Waals surface area contributed by atoms with E-state index in [1.165, 1.54) is 6.07 Å². The van der Waals surface area contributed by atoms with E-state index in [1.54, 1.807) is 24.3 Å². The molecule has 2 atom stereocenters. The predicted octanol–water partition coefficient (Wildman–Crippen LogP) is 6.43. The number of para-hydroxylation sites is 1. The molecule has 1 aliphatic rings. The van der Waals surface area contributed by atoms with Gasteiger partial charge in [-0.05, 0) is 75.2 Å². The molecule has 0 spiro atoms. The number of amides is 2. The van der Waals surface area contributed by atoms with Crippen molar-refractivity contribution < 1.29 is 9.59 Å². The van der Waals surface area contributed by atoms with Crippen molar-refractivity contribution in [3.05, 3.63) is 93.7 Å². The molecule has 5 rings (SSSR count). The second kappa shape index (κ2) is 10.1. The fourth-order valence-electron chi connectivity index (χ4n) is 4.78. The van der Waals surface area contributed by atoms with Crippen LogP contribution in [0.1, 0.15) is 59.3 Å². The summed E-state index contributed by atoms with van der Waals surface area (Å²) in [4.78, 5) is 36.0. The Morgan fingerprint density at radius 2 is 1.86 bits per heavy atom. The maximum absolute atomic E-state index is 13.5. The van der Waals surface area contributed by atoms with Gasteiger partial charge >= 0.3 is 0 Å². The fourth-order valence-corrected chi connectivity index (χ4v) is 5.21. The number of aromatic nitrogens is 2. The van der Waals surface area contributed by atoms with Crippen LogP contribution in [-0.4, -0.2) is 38.9 Å². The maximum Gasteiger partial charge on any atom is 0.257 e. The minimum absolute atomic E-state index is 0.172. The third-order valence-electron chi connectivity index (χ3n) is 6.76. The van der Waals surface area contributed by atoms with Gasteiger partial charge in [0.1, 0.15) is 11.5 Å². The third-order valence-corrected chi connectivity index (χ3v) is 7.30. The van der Waals surface area contributed by atoms with Crippen molar-refractivity contribution in [3.63, 3.8) is 0 Å². The minimum atomic E-state index is -0.538. The number of imidazole rings is 1. The van der Waals surface area contributed by atoms with E-state index in [1.807, 2.05) is 55.1 Å². The summed E-state index contributed by atoms with van der Waals surface area (Å²) in [6.07, 6.45) is 1.70. The Bertz CT molecular complexity index is 1470. The first-order valence-electron chi connectivity index (χ1n) is 12.1. The standard InChI is InChI=1S/C28H27Cl2N5O2/c1-17(25-32-23-12-10-19(29)16-24(23)33-25)31-26(36)18-9-11-21(22(30)15-18)27(37)35-14-6-13-28(35,2)34-20-7-4-3-5-8-20/h3-5,7-12,15-17,34H,6,13-14H2,1-2H3,(H,31,36)(H,32,33)/t17-,28-/m0/s1. The van der Waals surface area contributed by atoms with Crippen LogP contribution in [0.15, 0.2) is 66.7 Å². The first-order valence-corrected chi connectivity index (χ1v) is 12.9. The summed E-state index contributed by atoms with van der Waals surface area (Å²) >= 11 is 12.6. The molecule has 4 aromatic rings. The zero-order chi connectivity index (χ0) is 26.2. The fraction of sp³-hybridized carbons (Fsp3) is 0.250. The topological polar surface area (TPSA) is 90.1 Å². The number of likely N-dealkylation sites (tertiary alicyclic amines) is 1. The van der Waals surface area contributed by atoms with Crippen molar-refractivity contribution in [2.45, 2.75) is 38.4 Å². The third kappa shape index (κ3) is 5.15. The molecule has 0 saturated carbocycles. The Balaban J connectivity index is 1.30. The number of hydrogen-bond donors (Lipinski definition) is 3. The van der Waals surface area contributed by atoms with Gasteiger partial charge in [-0.2, -0.15) is 0 Å². The normalized spacial score (nSPS) is 18.1. The van der Waals surface area contributed by atoms with Crippen LogP contribution in [0.4, 0.5) is 5.69 Å². The van der Waals surface area contributed by atoms with Gasteiger partial charge in [0.2, 0.25) is 0 Å². The molecule has 1 aliphatic heterocycles. The molecule has 0 bridgehead atoms. The number of hydrogen-bond acceptors (Lipinski definition) is 4. The van der Waals surface area contributed by atoms with E-state index in [9.17, 15) is 9.59 Å². The van der Waals surface area contributed by atoms with Gasteiger partial charge in [-0.15, -0.1) is 0 Å². The predicted molar refractivity (Wildman–Crippen MR) is 147 cm³/mol. The molecular weight excluding hydrogens is 509 g/mol. The molecule has 1 saturated heterocycles. The number of nitrogens with zero attached hydrogens (tertiary/aromatic N) is 2. The van der Waals surface area contributed by atoms with Crippen LogP contribution in [0.5, 0.6) is 0 Å². The van der Waals surface area contributed by atoms with Gasteiger partial charge in [0.25, 0.3) is 11.8 Å². The molecule has 0 unspecified atom stereocenters. The van der Waals surface area contributed by atoms with Crippen LogP contribution in [0.3, 0.4) is 0 Å². The average Bonchev–Trinajstić information content (AvgIpc) is 3.47. The summed E-state index contributed by atoms with van der Waals surface area (Å²) < 4.78 is 0. The van der Waals surface area contributed by atoms with E-state index in [-0.39, 0.29) is 22.9 Å². The number of aromatic amines is 1. The number of carbonyl (C=O) groups excluding carboxylic acids is 2. The average molecular weight is 536 g/mol. The minimum Gasteiger partial charge on any atom is -0.363 e. The highest BCUT2D eigenvalue weighted by Crippen LogP contribution is 2.33. The summed E-state index contributed by atoms with van der Waals surface area (Å²) in [6.45, 7) is 4.48. The van der Waals surface area contributed by atoms with Crippen LogP contribution in [0, 0.1) is 0 Å². The molecule has 0 aliphatic carbocycles. The summed E-state index contributed by atoms with van der Waals surface area (Å²) in [5.41, 5.74) is 2.70. The van der Waals surface area contributed by atoms with Crippen LogP contribution >= 0.6 is 23.2 Å². The lowest BCUT2D eigenvalue weighted by atomic mass is 10.1. The van der Waals surface area contributed by atoms with Gasteiger partial charge in [0.05, 0.1) is 27.7 Å². The molecular formula is C28H27Cl2N5O2. The zero-order valence-electron chi connectivity index (χ0n) is 20.5. The number of halogens is 2. The first kappa shape index (κ1) is 25.1. The molecule has 9 heteroatoms. The zero-order valence-corrected chi connectivity index (χ0v) is 22.0. The number of rotatable bonds is 6. The molecule has 1 fully saturated rings. The molecule has 7 nitrogen and oxygen atoms in total. The SMILES string of the molecule is C[C@H](NC(=O)c1ccc(C(=O)N2CCC[C@@]2(C)Nc2ccccc2)c(Cl)c1)c1nc2ccc(Cl)cc2[nH]1. The second-order valence-electron chi connectivity index (χ2n) is 9.50. The lowest BCUT2D eigenvalue weighted by Gasteiger charge is -2.37. The Kier molecular flexibility index (Phi) is 6.84. The largest absolute Gasteiger partial charge is 0.363 e. The Morgan fingerprint density at radius 1 is 1.08 bits per heavy atom. The van der Waals surface area contributed by atoms with E-state index in [0.29, 0.717) is 28.5 Å². The molecule has 3 N–H and O–H groups in total. The van der Waals surface area contributed by atoms with E-state index < -0.39 is 5.66 Å². The van der Waals surface area contributed by atoms with E-state index in [2.05, 4.69) is 20.6 Å². The summed E-state index contributed by atoms with van der Waals surface area (Å²) in [5.74, 6) is 0.126. The van der Waals surface area contributed by atoms with Gasteiger partial charge in [0, 0.05) is 22.8 Å². The lowest BCUT2D eigenvalue weighted by molar-refractivity contribution is 0.0663. The van der Waals surface area contributed by atoms with Crippen LogP contribution in [-0.2, 0) is 0 Å². The number of benzene rings is 3. The van der Waals surface area contributed by atoms with Gasteiger partial charge in [0.15, 0.2) is 0 Å². The van der Waals surface area contributed by atoms with Gasteiger partial charge in [-0.3, -0.25) is 9.59 Å². The van der Waals surface area contributed by atoms with E-state index in [4.69, 9.17) is 23.2 Å². The highest BCUT2D eigenvalue weighted by molar-refractivity contribution is 6.34. The summed E-state index contributed by atoms with van der Waals surface area (Å²) in [6, 6.07) is 19.6. The van der Waals surface area contributed by atoms with Crippen molar-refractivity contribution in [1.29, 1.82) is 0 Å². The Morgan fingerprint density at radius 3 is 2.62 bits per heavy atom. The molecule has 37 heavy (non-hydrogen) atoms. The highest BCUT2D eigenvalue weighted by atomic mass is 35.5. The number of H-pyrrole nitrogens is 1. The summed E-state index contributed by atoms with van der Waals surface area (Å²) in [7, 11) is 0. The molecule has 0 radical (unpaired) electrons. The summed E-state index contributed by atoms with van der Waals surface area (Å²) in [5, 5.41) is 7.27. The van der Waals surface area contributed by atoms with E-state index >= 15 is 0 Å². The molecule has 2 amide bonds. The Labute approximate surface area is 225 Å². The highest BCUT2D eigenvalue weighted by Gasteiger charge is 2.40. The number of anilines is 1. The Hall–Kier alpha value is -3.55. The monoisotopic (exact) mass is 535 g/mol. The van der Waals surface area contributed by atoms with Crippen molar-refractivity contribution >= 4 is 51.7 Å². The van der Waals surface area contributed by atoms with Gasteiger partial charge in [-0.25, -0.2) is 4.98 Å². The number of fused-ring (bicyclic) bond motifs is 1. The van der Waals surface area contributed by atoms with Crippen molar-refractivity contribution in [1.82, 2.24) is 20.2 Å². The van der Waals surface area contributed by atoms with Gasteiger partial charge < -0.3 is 20.5 Å². The van der Waals surface area contributed by atoms with Crippen LogP contribution < -0.4 is 10.6 Å². The first-order chi connectivity index (χ1) is 17.7. The molecule has 190 valence electrons. The number of carbonyl (C=O) groups is 2. The molecule has 3 aromatic carbocycles. The quantitative estimate of drug-likeness (QED) is 0.265. The molecule has 2 heterocycles. The maximum atomic E-state index is 13.5. The second-order valence-corrected chi connectivity index (χ2v) is 10.3. The molecule has 1 aromatic heterocycles. The van der Waals surface area contributed by atoms with Crippen LogP contribution in [0.25, 0.3) is 11.0 Å². The lowest BCUT2D eigenvalue weighted by Crippen LogP contribution is -2.50. The van der Waals surface area contributed by atoms with Crippen molar-refractivity contribution in [2.75, 3.05) is 11.9 Å². The smallest absolute Gasteiger partial charge is 0.257 e. The number of nitrogens with one attached hydrogen (secondary N) is 3. The van der Waals surface area contributed by atoms with E-state index in [0.717, 1.165) is 29.6 Å². The van der Waals surface area contributed by atoms with Crippen molar-refractivity contribution in [2.24, 2.45) is 0 Å². The van der Waals surface area contributed by atoms with Gasteiger partial charge in [-0.1, -0.05) is 41.4 Å². The van der Waals surface area contributed by atoms with Crippen molar-refractivity contribution in [3.8, 4) is 0 Å².